The van der Waals surface area contributed by atoms with Crippen molar-refractivity contribution in [1.29, 1.82) is 0 Å². The van der Waals surface area contributed by atoms with Crippen molar-refractivity contribution < 1.29 is 12.8 Å². The summed E-state index contributed by atoms with van der Waals surface area (Å²) in [7, 11) is -3.98. The second-order valence-electron chi connectivity index (χ2n) is 4.44. The molecule has 9 heteroatoms. The van der Waals surface area contributed by atoms with Crippen molar-refractivity contribution in [3.63, 3.8) is 0 Å². The summed E-state index contributed by atoms with van der Waals surface area (Å²) in [4.78, 5) is 0. The van der Waals surface area contributed by atoms with Crippen LogP contribution in [0, 0.1) is 5.82 Å². The van der Waals surface area contributed by atoms with Gasteiger partial charge in [0.1, 0.15) is 5.82 Å². The predicted octanol–water partition coefficient (Wildman–Crippen LogP) is 2.07. The fourth-order valence-corrected chi connectivity index (χ4v) is 2.87. The Balaban J connectivity index is 2.69. The van der Waals surface area contributed by atoms with Crippen LogP contribution in [0.1, 0.15) is 19.9 Å². The zero-order chi connectivity index (χ0) is 15.1. The summed E-state index contributed by atoms with van der Waals surface area (Å²) in [5, 5.41) is 12.3. The van der Waals surface area contributed by atoms with Crippen molar-refractivity contribution in [2.45, 2.75) is 25.0 Å². The monoisotopic (exact) mass is 362 g/mol. The van der Waals surface area contributed by atoms with Gasteiger partial charge in [0.2, 0.25) is 0 Å². The molecule has 2 N–H and O–H groups in total. The summed E-state index contributed by atoms with van der Waals surface area (Å²) < 4.78 is 37.9. The standard InChI is InChI=1S/C11H12BrFN4O2S/c1-6(2)17-10(15-16-11(17)20(14,18)19)7-3-4-9(13)8(12)5-7/h3-6H,1-2H3,(H2,14,18,19). The number of nitrogens with two attached hydrogens (primary N) is 1. The highest BCUT2D eigenvalue weighted by Crippen LogP contribution is 2.27. The third-order valence-corrected chi connectivity index (χ3v) is 4.01. The van der Waals surface area contributed by atoms with Gasteiger partial charge in [0.25, 0.3) is 15.2 Å². The van der Waals surface area contributed by atoms with Gasteiger partial charge in [-0.1, -0.05) is 0 Å². The van der Waals surface area contributed by atoms with Crippen LogP contribution in [0.15, 0.2) is 27.8 Å². The maximum atomic E-state index is 13.3. The second kappa shape index (κ2) is 5.23. The molecule has 6 nitrogen and oxygen atoms in total. The molecule has 0 fully saturated rings. The van der Waals surface area contributed by atoms with Gasteiger partial charge in [-0.15, -0.1) is 10.2 Å². The van der Waals surface area contributed by atoms with Crippen molar-refractivity contribution in [2.75, 3.05) is 0 Å². The summed E-state index contributed by atoms with van der Waals surface area (Å²) in [6.45, 7) is 3.56. The van der Waals surface area contributed by atoms with Crippen LogP contribution >= 0.6 is 15.9 Å². The SMILES string of the molecule is CC(C)n1c(-c2ccc(F)c(Br)c2)nnc1S(N)(=O)=O. The Morgan fingerprint density at radius 2 is 2.00 bits per heavy atom. The van der Waals surface area contributed by atoms with Crippen LogP contribution in [0.2, 0.25) is 0 Å². The van der Waals surface area contributed by atoms with Crippen LogP contribution in [-0.2, 0) is 10.0 Å². The van der Waals surface area contributed by atoms with Crippen molar-refractivity contribution in [3.8, 4) is 11.4 Å². The van der Waals surface area contributed by atoms with Crippen molar-refractivity contribution in [1.82, 2.24) is 14.8 Å². The Morgan fingerprint density at radius 1 is 1.35 bits per heavy atom. The van der Waals surface area contributed by atoms with Crippen molar-refractivity contribution >= 4 is 26.0 Å². The maximum Gasteiger partial charge on any atom is 0.273 e. The molecule has 0 saturated carbocycles. The number of primary sulfonamides is 1. The molecule has 108 valence electrons. The molecule has 0 radical (unpaired) electrons. The molecule has 0 atom stereocenters. The number of aromatic nitrogens is 3. The smallest absolute Gasteiger partial charge is 0.273 e. The van der Waals surface area contributed by atoms with E-state index in [0.717, 1.165) is 0 Å². The number of benzene rings is 1. The lowest BCUT2D eigenvalue weighted by Gasteiger charge is -2.13. The first-order valence-electron chi connectivity index (χ1n) is 5.65. The van der Waals surface area contributed by atoms with Crippen LogP contribution in [0.3, 0.4) is 0 Å². The molecule has 2 aromatic rings. The highest BCUT2D eigenvalue weighted by Gasteiger charge is 2.24. The van der Waals surface area contributed by atoms with Gasteiger partial charge in [0.05, 0.1) is 4.47 Å². The second-order valence-corrected chi connectivity index (χ2v) is 6.75. The van der Waals surface area contributed by atoms with Gasteiger partial charge in [-0.2, -0.15) is 0 Å². The average molecular weight is 363 g/mol. The van der Waals surface area contributed by atoms with E-state index in [1.807, 2.05) is 0 Å². The summed E-state index contributed by atoms with van der Waals surface area (Å²) in [5.41, 5.74) is 0.536. The van der Waals surface area contributed by atoms with Crippen LogP contribution in [0.5, 0.6) is 0 Å². The van der Waals surface area contributed by atoms with Gasteiger partial charge in [0, 0.05) is 11.6 Å². The third-order valence-electron chi connectivity index (χ3n) is 2.61. The van der Waals surface area contributed by atoms with E-state index < -0.39 is 15.8 Å². The van der Waals surface area contributed by atoms with E-state index in [4.69, 9.17) is 5.14 Å². The number of hydrogen-bond acceptors (Lipinski definition) is 4. The summed E-state index contributed by atoms with van der Waals surface area (Å²) >= 11 is 3.08. The van der Waals surface area contributed by atoms with E-state index in [0.29, 0.717) is 11.4 Å². The first-order chi connectivity index (χ1) is 9.21. The van der Waals surface area contributed by atoms with E-state index in [9.17, 15) is 12.8 Å². The molecule has 2 rings (SSSR count). The average Bonchev–Trinajstić information content (AvgIpc) is 2.77. The molecule has 0 aliphatic carbocycles. The topological polar surface area (TPSA) is 90.9 Å². The van der Waals surface area contributed by atoms with Gasteiger partial charge < -0.3 is 0 Å². The molecule has 0 unspecified atom stereocenters. The zero-order valence-corrected chi connectivity index (χ0v) is 13.1. The van der Waals surface area contributed by atoms with Crippen LogP contribution in [-0.4, -0.2) is 23.2 Å². The van der Waals surface area contributed by atoms with E-state index in [2.05, 4.69) is 26.1 Å². The molecule has 0 spiro atoms. The third kappa shape index (κ3) is 2.74. The van der Waals surface area contributed by atoms with E-state index in [1.54, 1.807) is 13.8 Å². The maximum absolute atomic E-state index is 13.3. The lowest BCUT2D eigenvalue weighted by atomic mass is 10.2. The first-order valence-corrected chi connectivity index (χ1v) is 7.99. The van der Waals surface area contributed by atoms with E-state index in [1.165, 1.54) is 22.8 Å². The van der Waals surface area contributed by atoms with E-state index >= 15 is 0 Å². The molecule has 0 aliphatic rings. The Labute approximate surface area is 124 Å². The lowest BCUT2D eigenvalue weighted by molar-refractivity contribution is 0.524. The summed E-state index contributed by atoms with van der Waals surface area (Å²) in [6.07, 6.45) is 0. The molecule has 1 aromatic carbocycles. The quantitative estimate of drug-likeness (QED) is 0.904. The van der Waals surface area contributed by atoms with Crippen molar-refractivity contribution in [3.05, 3.63) is 28.5 Å². The minimum atomic E-state index is -3.98. The van der Waals surface area contributed by atoms with Gasteiger partial charge in [-0.25, -0.2) is 17.9 Å². The fraction of sp³-hybridized carbons (Fsp3) is 0.273. The van der Waals surface area contributed by atoms with Gasteiger partial charge in [0.15, 0.2) is 5.82 Å². The summed E-state index contributed by atoms with van der Waals surface area (Å²) in [5.74, 6) is -0.110. The molecule has 1 heterocycles. The molecule has 20 heavy (non-hydrogen) atoms. The Hall–Kier alpha value is -1.32. The fourth-order valence-electron chi connectivity index (χ4n) is 1.77. The molecular formula is C11H12BrFN4O2S. The van der Waals surface area contributed by atoms with Crippen LogP contribution in [0.4, 0.5) is 4.39 Å². The van der Waals surface area contributed by atoms with Gasteiger partial charge in [-0.05, 0) is 48.0 Å². The number of rotatable bonds is 3. The number of hydrogen-bond donors (Lipinski definition) is 1. The minimum absolute atomic E-state index is 0.225. The predicted molar refractivity (Wildman–Crippen MR) is 74.9 cm³/mol. The highest BCUT2D eigenvalue weighted by atomic mass is 79.9. The highest BCUT2D eigenvalue weighted by molar-refractivity contribution is 9.10. The number of nitrogens with zero attached hydrogens (tertiary/aromatic N) is 3. The first kappa shape index (κ1) is 15.1. The number of sulfonamides is 1. The Bertz CT molecular complexity index is 758. The zero-order valence-electron chi connectivity index (χ0n) is 10.7. The minimum Gasteiger partial charge on any atom is -0.294 e. The molecule has 0 saturated heterocycles. The van der Waals surface area contributed by atoms with Gasteiger partial charge >= 0.3 is 0 Å². The van der Waals surface area contributed by atoms with E-state index in [-0.39, 0.29) is 15.7 Å². The molecule has 0 bridgehead atoms. The Kier molecular flexibility index (Phi) is 3.94. The summed E-state index contributed by atoms with van der Waals surface area (Å²) in [6, 6.07) is 4.04. The lowest BCUT2D eigenvalue weighted by Crippen LogP contribution is -2.20. The molecular weight excluding hydrogens is 351 g/mol. The molecule has 0 amide bonds. The Morgan fingerprint density at radius 3 is 2.50 bits per heavy atom. The van der Waals surface area contributed by atoms with Crippen LogP contribution < -0.4 is 5.14 Å². The normalized spacial score (nSPS) is 12.1. The largest absolute Gasteiger partial charge is 0.294 e. The van der Waals surface area contributed by atoms with Crippen molar-refractivity contribution in [2.24, 2.45) is 5.14 Å². The van der Waals surface area contributed by atoms with Crippen LogP contribution in [0.25, 0.3) is 11.4 Å². The number of halogens is 2. The van der Waals surface area contributed by atoms with Gasteiger partial charge in [-0.3, -0.25) is 4.57 Å². The molecule has 0 aliphatic heterocycles. The molecule has 1 aromatic heterocycles.